The van der Waals surface area contributed by atoms with E-state index in [9.17, 15) is 28.8 Å². The smallest absolute Gasteiger partial charge is 0.457 e. The van der Waals surface area contributed by atoms with E-state index in [0.29, 0.717) is 30.8 Å². The zero-order valence-corrected chi connectivity index (χ0v) is 35.1. The molecule has 0 radical (unpaired) electrons. The van der Waals surface area contributed by atoms with Gasteiger partial charge in [-0.2, -0.15) is 0 Å². The standard InChI is InChI=1S/C44H47N4O13P/c1-25-23-47(42(52)45-40(25)50)36-21-30(49)38(57-36)34-20-12-11-19-33(39-35(61-62(54,55-3)60-34)22-37(58-39)48-24-26(2)41(51)46-43(48)53)59-44(27-13-5-4-6-14-27)28-15-7-9-17-31(28)56-32-18-10-8-16-29(32)44/h4-10,13-18,23-24,30,33-39,49H,11-12,19-22H2,1-3H3,(H,45,50,52)(H,46,51,53)/t30-,33?,34-,35-,36+,37+,38-,39+,62?/m0/s1. The molecule has 6 heterocycles. The molecule has 3 fully saturated rings. The number of para-hydroxylation sites is 2. The molecule has 3 saturated heterocycles. The van der Waals surface area contributed by atoms with Gasteiger partial charge in [-0.05, 0) is 44.4 Å². The summed E-state index contributed by atoms with van der Waals surface area (Å²) in [7, 11) is -3.38. The molecule has 2 aromatic heterocycles. The molecule has 2 unspecified atom stereocenters. The van der Waals surface area contributed by atoms with E-state index in [1.54, 1.807) is 13.8 Å². The van der Waals surface area contributed by atoms with Crippen LogP contribution in [0.5, 0.6) is 11.5 Å². The lowest BCUT2D eigenvalue weighted by Crippen LogP contribution is -2.46. The number of hydrogen-bond donors (Lipinski definition) is 3. The third-order valence-corrected chi connectivity index (χ3v) is 13.6. The Morgan fingerprint density at radius 1 is 0.710 bits per heavy atom. The minimum atomic E-state index is -4.56. The number of nitrogens with zero attached hydrogens (tertiary/aromatic N) is 2. The lowest BCUT2D eigenvalue weighted by molar-refractivity contribution is -0.148. The maximum atomic E-state index is 14.8. The first-order valence-corrected chi connectivity index (χ1v) is 22.1. The fraction of sp³-hybridized carbons (Fsp3) is 0.409. The number of phosphoric ester groups is 1. The third-order valence-electron chi connectivity index (χ3n) is 12.1. The molecule has 0 saturated carbocycles. The lowest BCUT2D eigenvalue weighted by Gasteiger charge is -2.44. The minimum Gasteiger partial charge on any atom is -0.457 e. The van der Waals surface area contributed by atoms with Gasteiger partial charge < -0.3 is 24.1 Å². The normalized spacial score (nSPS) is 29.4. The number of aliphatic hydroxyl groups excluding tert-OH is 1. The van der Waals surface area contributed by atoms with Crippen molar-refractivity contribution in [3.05, 3.63) is 161 Å². The van der Waals surface area contributed by atoms with Crippen LogP contribution >= 0.6 is 7.82 Å². The van der Waals surface area contributed by atoms with Crippen LogP contribution in [-0.4, -0.2) is 67.9 Å². The number of rotatable bonds is 7. The maximum Gasteiger partial charge on any atom is 0.475 e. The molecular weight excluding hydrogens is 823 g/mol. The fourth-order valence-corrected chi connectivity index (χ4v) is 10.4. The highest BCUT2D eigenvalue weighted by Crippen LogP contribution is 2.57. The highest BCUT2D eigenvalue weighted by molar-refractivity contribution is 7.48. The Labute approximate surface area is 354 Å². The highest BCUT2D eigenvalue weighted by Gasteiger charge is 2.53. The summed E-state index contributed by atoms with van der Waals surface area (Å²) >= 11 is 0. The van der Waals surface area contributed by atoms with Crippen LogP contribution in [0.15, 0.2) is 110 Å². The predicted molar refractivity (Wildman–Crippen MR) is 222 cm³/mol. The summed E-state index contributed by atoms with van der Waals surface area (Å²) in [6.45, 7) is 3.12. The summed E-state index contributed by atoms with van der Waals surface area (Å²) < 4.78 is 62.7. The van der Waals surface area contributed by atoms with E-state index in [4.69, 9.17) is 32.5 Å². The van der Waals surface area contributed by atoms with Crippen LogP contribution in [0, 0.1) is 13.8 Å². The number of fused-ring (bicyclic) bond motifs is 3. The summed E-state index contributed by atoms with van der Waals surface area (Å²) in [6, 6.07) is 25.0. The van der Waals surface area contributed by atoms with Gasteiger partial charge in [-0.1, -0.05) is 79.6 Å². The maximum absolute atomic E-state index is 14.8. The van der Waals surface area contributed by atoms with Crippen molar-refractivity contribution >= 4 is 7.82 Å². The average molecular weight is 871 g/mol. The molecule has 4 aliphatic heterocycles. The number of phosphoric acid groups is 1. The zero-order valence-electron chi connectivity index (χ0n) is 34.2. The van der Waals surface area contributed by atoms with Gasteiger partial charge in [0.05, 0.1) is 18.3 Å². The van der Waals surface area contributed by atoms with E-state index >= 15 is 0 Å². The Morgan fingerprint density at radius 2 is 1.24 bits per heavy atom. The van der Waals surface area contributed by atoms with Crippen molar-refractivity contribution < 1.29 is 42.2 Å². The van der Waals surface area contributed by atoms with Gasteiger partial charge in [0.15, 0.2) is 5.60 Å². The molecule has 18 heteroatoms. The monoisotopic (exact) mass is 870 g/mol. The molecule has 0 spiro atoms. The van der Waals surface area contributed by atoms with Crippen LogP contribution in [0.4, 0.5) is 0 Å². The third kappa shape index (κ3) is 7.66. The number of aryl methyl sites for hydroxylation is 2. The van der Waals surface area contributed by atoms with Crippen molar-refractivity contribution in [2.24, 2.45) is 0 Å². The van der Waals surface area contributed by atoms with Crippen molar-refractivity contribution in [3.8, 4) is 11.5 Å². The quantitative estimate of drug-likeness (QED) is 0.179. The molecule has 3 aromatic carbocycles. The number of aromatic amines is 2. The van der Waals surface area contributed by atoms with Crippen LogP contribution < -0.4 is 27.2 Å². The van der Waals surface area contributed by atoms with Crippen LogP contribution in [0.25, 0.3) is 0 Å². The summed E-state index contributed by atoms with van der Waals surface area (Å²) in [5.74, 6) is 1.18. The molecule has 0 amide bonds. The first kappa shape index (κ1) is 42.1. The van der Waals surface area contributed by atoms with E-state index in [1.807, 2.05) is 78.9 Å². The second-order valence-electron chi connectivity index (χ2n) is 16.1. The van der Waals surface area contributed by atoms with Gasteiger partial charge >= 0.3 is 19.2 Å². The van der Waals surface area contributed by atoms with Gasteiger partial charge in [0.1, 0.15) is 42.3 Å². The number of ether oxygens (including phenoxy) is 4. The van der Waals surface area contributed by atoms with Crippen molar-refractivity contribution in [2.45, 2.75) is 107 Å². The van der Waals surface area contributed by atoms with Crippen molar-refractivity contribution in [1.29, 1.82) is 0 Å². The van der Waals surface area contributed by atoms with Crippen molar-refractivity contribution in [3.63, 3.8) is 0 Å². The Bertz CT molecular complexity index is 2710. The van der Waals surface area contributed by atoms with E-state index < -0.39 is 85.0 Å². The van der Waals surface area contributed by atoms with Crippen LogP contribution in [-0.2, 0) is 37.9 Å². The van der Waals surface area contributed by atoms with Gasteiger partial charge in [0.25, 0.3) is 11.1 Å². The zero-order chi connectivity index (χ0) is 43.3. The Hall–Kier alpha value is -5.23. The highest BCUT2D eigenvalue weighted by atomic mass is 31.2. The Morgan fingerprint density at radius 3 is 1.85 bits per heavy atom. The Kier molecular flexibility index (Phi) is 11.4. The van der Waals surface area contributed by atoms with Crippen LogP contribution in [0.2, 0.25) is 0 Å². The van der Waals surface area contributed by atoms with Gasteiger partial charge in [-0.3, -0.25) is 42.3 Å². The molecule has 62 heavy (non-hydrogen) atoms. The SMILES string of the molecule is COP1(=O)O[C@H]([C@H]2O[C@@H](n3cc(C)c(=O)[nH]c3=O)C[C@@H]2O)CCCCC(OC2(c3ccccc3)c3ccccc3Oc3ccccc32)[C@H]2O[C@@H](n3cc(C)c(=O)[nH]c3=O)C[C@@H]2O1. The molecule has 0 bridgehead atoms. The topological polar surface area (TPSA) is 212 Å². The van der Waals surface area contributed by atoms with Gasteiger partial charge in [-0.15, -0.1) is 0 Å². The summed E-state index contributed by atoms with van der Waals surface area (Å²) in [5.41, 5.74) is -0.925. The van der Waals surface area contributed by atoms with Crippen LogP contribution in [0.3, 0.4) is 0 Å². The Balaban J connectivity index is 1.13. The molecule has 9 rings (SSSR count). The van der Waals surface area contributed by atoms with Crippen molar-refractivity contribution in [1.82, 2.24) is 19.1 Å². The lowest BCUT2D eigenvalue weighted by atomic mass is 9.77. The molecule has 4 aliphatic rings. The number of nitrogens with one attached hydrogen (secondary N) is 2. The molecule has 0 aliphatic carbocycles. The van der Waals surface area contributed by atoms with Crippen molar-refractivity contribution in [2.75, 3.05) is 7.11 Å². The van der Waals surface area contributed by atoms with E-state index in [1.165, 1.54) is 28.6 Å². The van der Waals surface area contributed by atoms with Gasteiger partial charge in [0.2, 0.25) is 0 Å². The van der Waals surface area contributed by atoms with Gasteiger partial charge in [-0.25, -0.2) is 14.2 Å². The molecule has 5 aromatic rings. The molecular formula is C44H47N4O13P. The average Bonchev–Trinajstić information content (AvgIpc) is 3.86. The second kappa shape index (κ2) is 16.8. The molecule has 326 valence electrons. The second-order valence-corrected chi connectivity index (χ2v) is 17.8. The first-order valence-electron chi connectivity index (χ1n) is 20.6. The first-order chi connectivity index (χ1) is 29.9. The molecule has 17 nitrogen and oxygen atoms in total. The van der Waals surface area contributed by atoms with Crippen LogP contribution in [0.1, 0.15) is 78.8 Å². The number of H-pyrrole nitrogens is 2. The largest absolute Gasteiger partial charge is 0.475 e. The summed E-state index contributed by atoms with van der Waals surface area (Å²) in [4.78, 5) is 55.3. The summed E-state index contributed by atoms with van der Waals surface area (Å²) in [5, 5.41) is 11.4. The van der Waals surface area contributed by atoms with Gasteiger partial charge in [0, 0.05) is 54.6 Å². The van der Waals surface area contributed by atoms with E-state index in [0.717, 1.165) is 16.7 Å². The molecule has 9 atom stereocenters. The predicted octanol–water partition coefficient (Wildman–Crippen LogP) is 5.22. The van der Waals surface area contributed by atoms with E-state index in [-0.39, 0.29) is 30.4 Å². The van der Waals surface area contributed by atoms with E-state index in [2.05, 4.69) is 9.97 Å². The minimum absolute atomic E-state index is 0.0221. The number of aromatic nitrogens is 4. The number of aliphatic hydroxyl groups is 1. The summed E-state index contributed by atoms with van der Waals surface area (Å²) in [6.07, 6.45) is -3.91. The number of hydrogen-bond acceptors (Lipinski definition) is 13. The number of benzene rings is 3. The molecule has 3 N–H and O–H groups in total. The fourth-order valence-electron chi connectivity index (χ4n) is 9.11.